The van der Waals surface area contributed by atoms with Crippen LogP contribution in [0.2, 0.25) is 0 Å². The monoisotopic (exact) mass is 257 g/mol. The highest BCUT2D eigenvalue weighted by Gasteiger charge is 2.10. The van der Waals surface area contributed by atoms with Crippen LogP contribution >= 0.6 is 0 Å². The standard InChI is InChI=1S/C10H12FN3O2S/c1-2-3-10(17(12,15)16)14-13-9-6-4-8(11)5-7-9/h2-7,13H,1H3,(H2,12,15,16)/b3-2+,14-10+. The van der Waals surface area contributed by atoms with E-state index in [1.165, 1.54) is 36.4 Å². The number of halogens is 1. The van der Waals surface area contributed by atoms with Crippen molar-refractivity contribution in [1.29, 1.82) is 0 Å². The highest BCUT2D eigenvalue weighted by atomic mass is 32.2. The lowest BCUT2D eigenvalue weighted by Crippen LogP contribution is -2.22. The minimum atomic E-state index is -3.88. The summed E-state index contributed by atoms with van der Waals surface area (Å²) in [6.07, 6.45) is 2.75. The van der Waals surface area contributed by atoms with Crippen LogP contribution in [-0.4, -0.2) is 13.5 Å². The molecule has 5 nitrogen and oxygen atoms in total. The third kappa shape index (κ3) is 4.33. The number of sulfonamides is 1. The van der Waals surface area contributed by atoms with E-state index in [1.807, 2.05) is 0 Å². The number of nitrogens with two attached hydrogens (primary N) is 1. The molecule has 0 heterocycles. The molecule has 0 amide bonds. The van der Waals surface area contributed by atoms with Gasteiger partial charge in [0, 0.05) is 0 Å². The zero-order valence-corrected chi connectivity index (χ0v) is 9.91. The van der Waals surface area contributed by atoms with Crippen molar-refractivity contribution in [2.24, 2.45) is 10.2 Å². The second kappa shape index (κ2) is 5.55. The summed E-state index contributed by atoms with van der Waals surface area (Å²) in [6.45, 7) is 1.64. The lowest BCUT2D eigenvalue weighted by atomic mass is 10.3. The fourth-order valence-electron chi connectivity index (χ4n) is 0.982. The van der Waals surface area contributed by atoms with Crippen molar-refractivity contribution in [1.82, 2.24) is 0 Å². The fourth-order valence-corrected chi connectivity index (χ4v) is 1.48. The van der Waals surface area contributed by atoms with Crippen LogP contribution in [0.25, 0.3) is 0 Å². The minimum Gasteiger partial charge on any atom is -0.277 e. The van der Waals surface area contributed by atoms with Crippen LogP contribution in [0, 0.1) is 5.82 Å². The van der Waals surface area contributed by atoms with E-state index >= 15 is 0 Å². The van der Waals surface area contributed by atoms with E-state index in [9.17, 15) is 12.8 Å². The quantitative estimate of drug-likeness (QED) is 0.488. The van der Waals surface area contributed by atoms with E-state index in [4.69, 9.17) is 5.14 Å². The van der Waals surface area contributed by atoms with Crippen molar-refractivity contribution in [2.75, 3.05) is 5.43 Å². The summed E-state index contributed by atoms with van der Waals surface area (Å²) in [5.41, 5.74) is 2.93. The Labute approximate surface area is 98.9 Å². The molecule has 0 aliphatic rings. The lowest BCUT2D eigenvalue weighted by Gasteiger charge is -2.02. The van der Waals surface area contributed by atoms with Crippen molar-refractivity contribution in [2.45, 2.75) is 6.92 Å². The summed E-state index contributed by atoms with van der Waals surface area (Å²) in [7, 11) is -3.88. The maximum absolute atomic E-state index is 12.6. The molecular weight excluding hydrogens is 245 g/mol. The van der Waals surface area contributed by atoms with Gasteiger partial charge < -0.3 is 0 Å². The molecule has 0 fully saturated rings. The molecule has 0 unspecified atom stereocenters. The van der Waals surface area contributed by atoms with Gasteiger partial charge in [-0.15, -0.1) is 0 Å². The Morgan fingerprint density at radius 1 is 1.41 bits per heavy atom. The van der Waals surface area contributed by atoms with Crippen LogP contribution in [0.5, 0.6) is 0 Å². The van der Waals surface area contributed by atoms with Crippen molar-refractivity contribution in [3.8, 4) is 0 Å². The van der Waals surface area contributed by atoms with Gasteiger partial charge in [-0.25, -0.2) is 17.9 Å². The van der Waals surface area contributed by atoms with Gasteiger partial charge in [-0.05, 0) is 37.3 Å². The van der Waals surface area contributed by atoms with Crippen LogP contribution in [0.4, 0.5) is 10.1 Å². The van der Waals surface area contributed by atoms with Gasteiger partial charge in [0.1, 0.15) is 5.82 Å². The molecule has 0 aromatic heterocycles. The fraction of sp³-hybridized carbons (Fsp3) is 0.100. The Hall–Kier alpha value is -1.73. The molecule has 0 saturated carbocycles. The van der Waals surface area contributed by atoms with Gasteiger partial charge in [-0.3, -0.25) is 5.43 Å². The molecule has 0 saturated heterocycles. The number of benzene rings is 1. The summed E-state index contributed by atoms with van der Waals surface area (Å²) < 4.78 is 34.8. The zero-order chi connectivity index (χ0) is 12.9. The first-order valence-corrected chi connectivity index (χ1v) is 6.23. The number of hydrogen-bond acceptors (Lipinski definition) is 4. The predicted octanol–water partition coefficient (Wildman–Crippen LogP) is 1.42. The largest absolute Gasteiger partial charge is 0.277 e. The lowest BCUT2D eigenvalue weighted by molar-refractivity contribution is 0.609. The molecular formula is C10H12FN3O2S. The van der Waals surface area contributed by atoms with E-state index in [1.54, 1.807) is 6.92 Å². The molecule has 1 aromatic carbocycles. The SMILES string of the molecule is C/C=C/C(=N\Nc1ccc(F)cc1)S(N)(=O)=O. The van der Waals surface area contributed by atoms with E-state index in [0.29, 0.717) is 5.69 Å². The number of primary sulfonamides is 1. The molecule has 1 aromatic rings. The zero-order valence-electron chi connectivity index (χ0n) is 9.09. The molecule has 92 valence electrons. The van der Waals surface area contributed by atoms with Gasteiger partial charge in [0.05, 0.1) is 5.69 Å². The number of hydrazone groups is 1. The first kappa shape index (κ1) is 13.3. The number of hydrogen-bond donors (Lipinski definition) is 2. The number of nitrogens with one attached hydrogen (secondary N) is 1. The summed E-state index contributed by atoms with van der Waals surface area (Å²) in [4.78, 5) is 0. The maximum atomic E-state index is 12.6. The number of allylic oxidation sites excluding steroid dienone is 1. The third-order valence-electron chi connectivity index (χ3n) is 1.74. The van der Waals surface area contributed by atoms with Crippen molar-refractivity contribution in [3.05, 3.63) is 42.2 Å². The van der Waals surface area contributed by atoms with Crippen molar-refractivity contribution in [3.63, 3.8) is 0 Å². The van der Waals surface area contributed by atoms with Crippen molar-refractivity contribution >= 4 is 20.8 Å². The molecule has 0 spiro atoms. The van der Waals surface area contributed by atoms with Gasteiger partial charge in [0.2, 0.25) is 0 Å². The maximum Gasteiger partial charge on any atom is 0.257 e. The third-order valence-corrected chi connectivity index (χ3v) is 2.55. The van der Waals surface area contributed by atoms with Gasteiger partial charge >= 0.3 is 0 Å². The second-order valence-electron chi connectivity index (χ2n) is 3.11. The smallest absolute Gasteiger partial charge is 0.257 e. The van der Waals surface area contributed by atoms with E-state index < -0.39 is 10.0 Å². The molecule has 0 atom stereocenters. The van der Waals surface area contributed by atoms with Crippen LogP contribution in [0.3, 0.4) is 0 Å². The summed E-state index contributed by atoms with van der Waals surface area (Å²) >= 11 is 0. The molecule has 0 bridgehead atoms. The molecule has 3 N–H and O–H groups in total. The topological polar surface area (TPSA) is 84.5 Å². The highest BCUT2D eigenvalue weighted by Crippen LogP contribution is 2.08. The Kier molecular flexibility index (Phi) is 4.36. The van der Waals surface area contributed by atoms with Gasteiger partial charge in [0.15, 0.2) is 5.04 Å². The van der Waals surface area contributed by atoms with Crippen LogP contribution < -0.4 is 10.6 Å². The Bertz CT molecular complexity index is 535. The normalized spacial score (nSPS) is 13.0. The van der Waals surface area contributed by atoms with Crippen molar-refractivity contribution < 1.29 is 12.8 Å². The molecule has 0 aliphatic heterocycles. The molecule has 0 radical (unpaired) electrons. The average Bonchev–Trinajstić information content (AvgIpc) is 2.25. The van der Waals surface area contributed by atoms with Gasteiger partial charge in [0.25, 0.3) is 10.0 Å². The Morgan fingerprint density at radius 2 is 2.00 bits per heavy atom. The van der Waals surface area contributed by atoms with Crippen LogP contribution in [0.15, 0.2) is 41.5 Å². The van der Waals surface area contributed by atoms with E-state index in [2.05, 4.69) is 10.5 Å². The molecule has 0 aliphatic carbocycles. The predicted molar refractivity (Wildman–Crippen MR) is 65.4 cm³/mol. The van der Waals surface area contributed by atoms with Crippen LogP contribution in [0.1, 0.15) is 6.92 Å². The summed E-state index contributed by atoms with van der Waals surface area (Å²) in [5, 5.41) is 8.27. The number of anilines is 1. The van der Waals surface area contributed by atoms with Gasteiger partial charge in [-0.2, -0.15) is 5.10 Å². The second-order valence-corrected chi connectivity index (χ2v) is 4.62. The first-order valence-electron chi connectivity index (χ1n) is 4.68. The molecule has 7 heteroatoms. The Morgan fingerprint density at radius 3 is 2.47 bits per heavy atom. The summed E-state index contributed by atoms with van der Waals surface area (Å²) in [6, 6.07) is 5.30. The minimum absolute atomic E-state index is 0.302. The van der Waals surface area contributed by atoms with Crippen LogP contribution in [-0.2, 0) is 10.0 Å². The van der Waals surface area contributed by atoms with E-state index in [0.717, 1.165) is 0 Å². The molecule has 1 rings (SSSR count). The number of rotatable bonds is 3. The van der Waals surface area contributed by atoms with E-state index in [-0.39, 0.29) is 10.9 Å². The molecule has 17 heavy (non-hydrogen) atoms. The number of nitrogens with zero attached hydrogens (tertiary/aromatic N) is 1. The first-order chi connectivity index (χ1) is 7.93. The Balaban J connectivity index is 2.91. The van der Waals surface area contributed by atoms with Gasteiger partial charge in [-0.1, -0.05) is 6.08 Å². The summed E-state index contributed by atoms with van der Waals surface area (Å²) in [5.74, 6) is -0.389. The highest BCUT2D eigenvalue weighted by molar-refractivity contribution is 8.04. The average molecular weight is 257 g/mol.